The van der Waals surface area contributed by atoms with Gasteiger partial charge in [-0.25, -0.2) is 4.42 Å². The number of methoxy groups -OCH3 is 4. The molecular weight excluding hydrogens is 332 g/mol. The van der Waals surface area contributed by atoms with Crippen LogP contribution in [-0.4, -0.2) is 28.4 Å². The lowest BCUT2D eigenvalue weighted by Crippen LogP contribution is -1.92. The van der Waals surface area contributed by atoms with Gasteiger partial charge in [0.05, 0.1) is 39.6 Å². The molecule has 0 radical (unpaired) electrons. The molecule has 0 amide bonds. The fourth-order valence-electron chi connectivity index (χ4n) is 2.70. The van der Waals surface area contributed by atoms with E-state index in [0.29, 0.717) is 23.0 Å². The second kappa shape index (κ2) is 7.78. The molecule has 3 aromatic rings. The second-order valence-electron chi connectivity index (χ2n) is 5.50. The molecule has 0 unspecified atom stereocenters. The quantitative estimate of drug-likeness (QED) is 0.588. The van der Waals surface area contributed by atoms with Gasteiger partial charge in [0.2, 0.25) is 0 Å². The average molecular weight is 353 g/mol. The Hall–Kier alpha value is -3.21. The maximum Gasteiger partial charge on any atom is 0.360 e. The molecule has 134 valence electrons. The SMILES string of the molecule is COc1ccc(-c2cccc(-c3ccc(OC)c(OC)c3)[o+]2)cc1OC. The molecule has 5 nitrogen and oxygen atoms in total. The van der Waals surface area contributed by atoms with Crippen LogP contribution in [-0.2, 0) is 0 Å². The summed E-state index contributed by atoms with van der Waals surface area (Å²) in [7, 11) is 6.44. The highest BCUT2D eigenvalue weighted by molar-refractivity contribution is 5.67. The fourth-order valence-corrected chi connectivity index (χ4v) is 2.70. The van der Waals surface area contributed by atoms with Gasteiger partial charge in [-0.2, -0.15) is 0 Å². The van der Waals surface area contributed by atoms with Gasteiger partial charge >= 0.3 is 11.5 Å². The van der Waals surface area contributed by atoms with Crippen LogP contribution in [0.1, 0.15) is 0 Å². The van der Waals surface area contributed by atoms with Crippen LogP contribution in [0.5, 0.6) is 23.0 Å². The van der Waals surface area contributed by atoms with Gasteiger partial charge < -0.3 is 18.9 Å². The Bertz CT molecular complexity index is 834. The zero-order valence-corrected chi connectivity index (χ0v) is 15.2. The Kier molecular flexibility index (Phi) is 5.27. The van der Waals surface area contributed by atoms with Crippen molar-refractivity contribution in [2.45, 2.75) is 0 Å². The van der Waals surface area contributed by atoms with Crippen molar-refractivity contribution in [3.05, 3.63) is 54.6 Å². The molecule has 1 aromatic heterocycles. The van der Waals surface area contributed by atoms with Crippen molar-refractivity contribution in [2.75, 3.05) is 28.4 Å². The normalized spacial score (nSPS) is 10.3. The first-order valence-electron chi connectivity index (χ1n) is 8.08. The van der Waals surface area contributed by atoms with Gasteiger partial charge in [-0.15, -0.1) is 0 Å². The Morgan fingerprint density at radius 1 is 0.538 bits per heavy atom. The fraction of sp³-hybridized carbons (Fsp3) is 0.190. The van der Waals surface area contributed by atoms with Crippen LogP contribution < -0.4 is 18.9 Å². The maximum atomic E-state index is 6.10. The number of benzene rings is 2. The number of ether oxygens (including phenoxy) is 4. The van der Waals surface area contributed by atoms with E-state index in [1.807, 2.05) is 54.6 Å². The van der Waals surface area contributed by atoms with Crippen LogP contribution in [0.15, 0.2) is 59.0 Å². The Balaban J connectivity index is 2.01. The minimum absolute atomic E-state index is 0.650. The van der Waals surface area contributed by atoms with Crippen molar-refractivity contribution in [2.24, 2.45) is 0 Å². The zero-order valence-electron chi connectivity index (χ0n) is 15.2. The topological polar surface area (TPSA) is 48.2 Å². The van der Waals surface area contributed by atoms with Gasteiger partial charge in [0.1, 0.15) is 0 Å². The summed E-state index contributed by atoms with van der Waals surface area (Å²) in [5, 5.41) is 0. The molecule has 5 heteroatoms. The summed E-state index contributed by atoms with van der Waals surface area (Å²) in [6.07, 6.45) is 0. The second-order valence-corrected chi connectivity index (χ2v) is 5.50. The Morgan fingerprint density at radius 3 is 1.35 bits per heavy atom. The lowest BCUT2D eigenvalue weighted by molar-refractivity contribution is 0.355. The van der Waals surface area contributed by atoms with Gasteiger partial charge in [-0.1, -0.05) is 0 Å². The van der Waals surface area contributed by atoms with Crippen molar-refractivity contribution in [1.82, 2.24) is 0 Å². The summed E-state index contributed by atoms with van der Waals surface area (Å²) in [5.74, 6) is 4.09. The smallest absolute Gasteiger partial charge is 0.360 e. The van der Waals surface area contributed by atoms with E-state index in [-0.39, 0.29) is 0 Å². The van der Waals surface area contributed by atoms with E-state index in [0.717, 1.165) is 22.6 Å². The first-order chi connectivity index (χ1) is 12.7. The van der Waals surface area contributed by atoms with E-state index < -0.39 is 0 Å². The summed E-state index contributed by atoms with van der Waals surface area (Å²) in [6, 6.07) is 17.1. The largest absolute Gasteiger partial charge is 0.493 e. The van der Waals surface area contributed by atoms with E-state index in [9.17, 15) is 0 Å². The van der Waals surface area contributed by atoms with Crippen LogP contribution in [0.25, 0.3) is 22.6 Å². The van der Waals surface area contributed by atoms with Gasteiger partial charge in [0.15, 0.2) is 23.0 Å². The summed E-state index contributed by atoms with van der Waals surface area (Å²) in [5.41, 5.74) is 1.79. The highest BCUT2D eigenvalue weighted by atomic mass is 16.5. The van der Waals surface area contributed by atoms with E-state index in [2.05, 4.69) is 0 Å². The standard InChI is InChI=1S/C21H21O5/c1-22-18-10-8-14(12-20(18)24-3)16-6-5-7-17(26-16)15-9-11-19(23-2)21(13-15)25-4/h5-13H,1-4H3/q+1. The third-order valence-corrected chi connectivity index (χ3v) is 4.05. The van der Waals surface area contributed by atoms with E-state index in [4.69, 9.17) is 23.4 Å². The Morgan fingerprint density at radius 2 is 0.962 bits per heavy atom. The molecule has 0 spiro atoms. The van der Waals surface area contributed by atoms with Gasteiger partial charge in [-0.05, 0) is 30.3 Å². The van der Waals surface area contributed by atoms with Crippen molar-refractivity contribution in [3.63, 3.8) is 0 Å². The van der Waals surface area contributed by atoms with Crippen LogP contribution in [0.2, 0.25) is 0 Å². The predicted octanol–water partition coefficient (Wildman–Crippen LogP) is 4.93. The first kappa shape index (κ1) is 17.6. The Labute approximate surface area is 152 Å². The summed E-state index contributed by atoms with van der Waals surface area (Å²) >= 11 is 0. The van der Waals surface area contributed by atoms with Crippen molar-refractivity contribution >= 4 is 0 Å². The minimum Gasteiger partial charge on any atom is -0.493 e. The summed E-state index contributed by atoms with van der Waals surface area (Å²) < 4.78 is 27.4. The highest BCUT2D eigenvalue weighted by Gasteiger charge is 2.20. The van der Waals surface area contributed by atoms with Crippen LogP contribution in [0.3, 0.4) is 0 Å². The number of hydrogen-bond acceptors (Lipinski definition) is 4. The molecule has 26 heavy (non-hydrogen) atoms. The molecule has 0 saturated heterocycles. The van der Waals surface area contributed by atoms with Crippen molar-refractivity contribution in [1.29, 1.82) is 0 Å². The first-order valence-corrected chi connectivity index (χ1v) is 8.08. The van der Waals surface area contributed by atoms with E-state index in [1.165, 1.54) is 0 Å². The molecule has 0 bridgehead atoms. The van der Waals surface area contributed by atoms with Crippen LogP contribution in [0, 0.1) is 0 Å². The molecule has 0 aliphatic rings. The lowest BCUT2D eigenvalue weighted by Gasteiger charge is -2.07. The maximum absolute atomic E-state index is 6.10. The molecule has 0 atom stereocenters. The van der Waals surface area contributed by atoms with Crippen LogP contribution in [0.4, 0.5) is 0 Å². The van der Waals surface area contributed by atoms with E-state index in [1.54, 1.807) is 28.4 Å². The molecule has 3 rings (SSSR count). The third-order valence-electron chi connectivity index (χ3n) is 4.05. The van der Waals surface area contributed by atoms with Gasteiger partial charge in [0.25, 0.3) is 0 Å². The molecule has 0 aliphatic heterocycles. The molecule has 0 aliphatic carbocycles. The van der Waals surface area contributed by atoms with Crippen LogP contribution >= 0.6 is 0 Å². The molecule has 0 N–H and O–H groups in total. The van der Waals surface area contributed by atoms with Gasteiger partial charge in [-0.3, -0.25) is 0 Å². The van der Waals surface area contributed by atoms with Crippen molar-refractivity contribution < 1.29 is 23.4 Å². The summed E-state index contributed by atoms with van der Waals surface area (Å²) in [6.45, 7) is 0. The monoisotopic (exact) mass is 353 g/mol. The third kappa shape index (κ3) is 3.42. The minimum atomic E-state index is 0.650. The average Bonchev–Trinajstić information content (AvgIpc) is 2.72. The zero-order chi connectivity index (χ0) is 18.5. The molecule has 1 heterocycles. The number of hydrogen-bond donors (Lipinski definition) is 0. The molecular formula is C21H21O5+. The highest BCUT2D eigenvalue weighted by Crippen LogP contribution is 2.36. The van der Waals surface area contributed by atoms with Crippen molar-refractivity contribution in [3.8, 4) is 45.6 Å². The lowest BCUT2D eigenvalue weighted by atomic mass is 10.1. The molecule has 0 fully saturated rings. The summed E-state index contributed by atoms with van der Waals surface area (Å²) in [4.78, 5) is 0. The number of rotatable bonds is 6. The molecule has 0 saturated carbocycles. The predicted molar refractivity (Wildman–Crippen MR) is 100 cm³/mol. The van der Waals surface area contributed by atoms with Gasteiger partial charge in [0, 0.05) is 24.3 Å². The molecule has 2 aromatic carbocycles. The van der Waals surface area contributed by atoms with E-state index >= 15 is 0 Å².